The van der Waals surface area contributed by atoms with Crippen LogP contribution < -0.4 is 0 Å². The van der Waals surface area contributed by atoms with E-state index in [9.17, 15) is 4.79 Å². The lowest BCUT2D eigenvalue weighted by molar-refractivity contribution is -0.122. The monoisotopic (exact) mass is 150 g/mol. The molecule has 0 heterocycles. The maximum atomic E-state index is 11.4. The van der Waals surface area contributed by atoms with Gasteiger partial charge in [-0.2, -0.15) is 0 Å². The van der Waals surface area contributed by atoms with Crippen molar-refractivity contribution in [2.45, 2.75) is 32.1 Å². The van der Waals surface area contributed by atoms with Gasteiger partial charge in [0.1, 0.15) is 5.78 Å². The second-order valence-corrected chi connectivity index (χ2v) is 4.62. The Morgan fingerprint density at radius 1 is 1.18 bits per heavy atom. The highest BCUT2D eigenvalue weighted by atomic mass is 16.1. The van der Waals surface area contributed by atoms with Crippen LogP contribution in [0.25, 0.3) is 0 Å². The highest BCUT2D eigenvalue weighted by Crippen LogP contribution is 2.54. The molecule has 4 rings (SSSR count). The van der Waals surface area contributed by atoms with Gasteiger partial charge in [0.05, 0.1) is 0 Å². The Kier molecular flexibility index (Phi) is 1.06. The van der Waals surface area contributed by atoms with E-state index in [1.165, 1.54) is 25.7 Å². The summed E-state index contributed by atoms with van der Waals surface area (Å²) in [5.41, 5.74) is 0. The lowest BCUT2D eigenvalue weighted by Gasteiger charge is -2.40. The molecule has 0 aromatic rings. The minimum Gasteiger partial charge on any atom is -0.299 e. The van der Waals surface area contributed by atoms with Gasteiger partial charge in [0.15, 0.2) is 0 Å². The molecule has 4 fully saturated rings. The Bertz CT molecular complexity index is 209. The van der Waals surface area contributed by atoms with Crippen molar-refractivity contribution in [1.82, 2.24) is 0 Å². The van der Waals surface area contributed by atoms with Crippen molar-refractivity contribution in [3.63, 3.8) is 0 Å². The number of ketones is 1. The number of Topliss-reactive ketones (excluding diaryl/α,β-unsaturated/α-hetero) is 1. The van der Waals surface area contributed by atoms with Gasteiger partial charge in [-0.25, -0.2) is 0 Å². The average molecular weight is 150 g/mol. The molecular weight excluding hydrogens is 136 g/mol. The van der Waals surface area contributed by atoms with Crippen molar-refractivity contribution < 1.29 is 4.79 Å². The number of hydrogen-bond acceptors (Lipinski definition) is 1. The van der Waals surface area contributed by atoms with E-state index in [1.807, 2.05) is 0 Å². The molecule has 0 N–H and O–H groups in total. The quantitative estimate of drug-likeness (QED) is 0.516. The van der Waals surface area contributed by atoms with Crippen LogP contribution >= 0.6 is 0 Å². The molecule has 0 aliphatic heterocycles. The third kappa shape index (κ3) is 0.692. The van der Waals surface area contributed by atoms with E-state index in [0.29, 0.717) is 11.7 Å². The number of fused-ring (bicyclic) bond motifs is 1. The van der Waals surface area contributed by atoms with Gasteiger partial charge in [0, 0.05) is 12.3 Å². The van der Waals surface area contributed by atoms with Gasteiger partial charge in [-0.1, -0.05) is 6.42 Å². The second-order valence-electron chi connectivity index (χ2n) is 4.62. The van der Waals surface area contributed by atoms with E-state index in [1.54, 1.807) is 0 Å². The van der Waals surface area contributed by atoms with Crippen molar-refractivity contribution in [1.29, 1.82) is 0 Å². The Morgan fingerprint density at radius 3 is 2.73 bits per heavy atom. The molecule has 4 aliphatic carbocycles. The highest BCUT2D eigenvalue weighted by molar-refractivity contribution is 5.84. The third-order valence-electron chi connectivity index (χ3n) is 4.13. The summed E-state index contributed by atoms with van der Waals surface area (Å²) in [7, 11) is 0. The first-order chi connectivity index (χ1) is 5.34. The van der Waals surface area contributed by atoms with E-state index in [0.717, 1.165) is 24.2 Å². The Balaban J connectivity index is 1.99. The van der Waals surface area contributed by atoms with Crippen LogP contribution in [0.15, 0.2) is 0 Å². The summed E-state index contributed by atoms with van der Waals surface area (Å²) in [5.74, 6) is 3.70. The molecule has 1 nitrogen and oxygen atoms in total. The molecule has 0 spiro atoms. The first-order valence-electron chi connectivity index (χ1n) is 4.87. The summed E-state index contributed by atoms with van der Waals surface area (Å²) < 4.78 is 0. The molecule has 4 unspecified atom stereocenters. The molecule has 11 heavy (non-hydrogen) atoms. The molecule has 60 valence electrons. The summed E-state index contributed by atoms with van der Waals surface area (Å²) in [6.07, 6.45) is 6.36. The lowest BCUT2D eigenvalue weighted by Crippen LogP contribution is -2.33. The molecule has 0 aromatic heterocycles. The van der Waals surface area contributed by atoms with Crippen LogP contribution in [0.1, 0.15) is 32.1 Å². The molecule has 4 atom stereocenters. The molecule has 4 bridgehead atoms. The Morgan fingerprint density at radius 2 is 2.09 bits per heavy atom. The van der Waals surface area contributed by atoms with Gasteiger partial charge in [-0.15, -0.1) is 0 Å². The highest BCUT2D eigenvalue weighted by Gasteiger charge is 2.50. The molecule has 1 heteroatoms. The van der Waals surface area contributed by atoms with Gasteiger partial charge in [0.25, 0.3) is 0 Å². The van der Waals surface area contributed by atoms with E-state index < -0.39 is 0 Å². The molecule has 0 saturated heterocycles. The predicted octanol–water partition coefficient (Wildman–Crippen LogP) is 2.01. The van der Waals surface area contributed by atoms with Crippen molar-refractivity contribution in [2.75, 3.05) is 0 Å². The normalized spacial score (nSPS) is 53.6. The third-order valence-corrected chi connectivity index (χ3v) is 4.13. The molecule has 4 aliphatic rings. The lowest BCUT2D eigenvalue weighted by atomic mass is 9.64. The maximum absolute atomic E-state index is 11.4. The summed E-state index contributed by atoms with van der Waals surface area (Å²) in [4.78, 5) is 11.4. The summed E-state index contributed by atoms with van der Waals surface area (Å²) in [6, 6.07) is 0. The van der Waals surface area contributed by atoms with Crippen LogP contribution in [-0.4, -0.2) is 5.78 Å². The minimum absolute atomic E-state index is 0.521. The van der Waals surface area contributed by atoms with E-state index >= 15 is 0 Å². The molecule has 0 amide bonds. The summed E-state index contributed by atoms with van der Waals surface area (Å²) in [6.45, 7) is 0. The second kappa shape index (κ2) is 1.88. The largest absolute Gasteiger partial charge is 0.299 e. The summed E-state index contributed by atoms with van der Waals surface area (Å²) >= 11 is 0. The van der Waals surface area contributed by atoms with E-state index in [-0.39, 0.29) is 0 Å². The van der Waals surface area contributed by atoms with Crippen molar-refractivity contribution >= 4 is 5.78 Å². The van der Waals surface area contributed by atoms with Crippen molar-refractivity contribution in [3.8, 4) is 0 Å². The van der Waals surface area contributed by atoms with Crippen molar-refractivity contribution in [3.05, 3.63) is 0 Å². The van der Waals surface area contributed by atoms with E-state index in [2.05, 4.69) is 0 Å². The average Bonchev–Trinajstić information content (AvgIpc) is 2.25. The predicted molar refractivity (Wildman–Crippen MR) is 42.1 cm³/mol. The number of rotatable bonds is 0. The minimum atomic E-state index is 0.521. The van der Waals surface area contributed by atoms with Crippen LogP contribution in [0.4, 0.5) is 0 Å². The zero-order valence-corrected chi connectivity index (χ0v) is 6.75. The van der Waals surface area contributed by atoms with Crippen LogP contribution in [0.5, 0.6) is 0 Å². The molecular formula is C10H14O. The van der Waals surface area contributed by atoms with Crippen LogP contribution in [0.3, 0.4) is 0 Å². The number of carbonyl (C=O) groups excluding carboxylic acids is 1. The first-order valence-corrected chi connectivity index (χ1v) is 4.87. The molecule has 4 saturated carbocycles. The standard InChI is InChI=1S/C10H14O/c11-10-5-7-3-6-1-2-8(7)9(10)4-6/h6-9H,1-5H2. The number of carbonyl (C=O) groups is 1. The van der Waals surface area contributed by atoms with Gasteiger partial charge in [-0.3, -0.25) is 4.79 Å². The van der Waals surface area contributed by atoms with Crippen LogP contribution in [0, 0.1) is 23.7 Å². The van der Waals surface area contributed by atoms with Gasteiger partial charge in [-0.05, 0) is 37.0 Å². The zero-order chi connectivity index (χ0) is 7.42. The fourth-order valence-corrected chi connectivity index (χ4v) is 3.68. The zero-order valence-electron chi connectivity index (χ0n) is 6.75. The fourth-order valence-electron chi connectivity index (χ4n) is 3.68. The Labute approximate surface area is 67.2 Å². The maximum Gasteiger partial charge on any atom is 0.136 e. The topological polar surface area (TPSA) is 17.1 Å². The Hall–Kier alpha value is -0.330. The van der Waals surface area contributed by atoms with Gasteiger partial charge < -0.3 is 0 Å². The van der Waals surface area contributed by atoms with Crippen molar-refractivity contribution in [2.24, 2.45) is 23.7 Å². The van der Waals surface area contributed by atoms with E-state index in [4.69, 9.17) is 0 Å². The molecule has 0 radical (unpaired) electrons. The summed E-state index contributed by atoms with van der Waals surface area (Å²) in [5, 5.41) is 0. The van der Waals surface area contributed by atoms with Crippen LogP contribution in [-0.2, 0) is 4.79 Å². The van der Waals surface area contributed by atoms with Gasteiger partial charge in [0.2, 0.25) is 0 Å². The SMILES string of the molecule is O=C1CC2CC3CCC2C1C3. The smallest absolute Gasteiger partial charge is 0.136 e. The van der Waals surface area contributed by atoms with Crippen LogP contribution in [0.2, 0.25) is 0 Å². The fraction of sp³-hybridized carbons (Fsp3) is 0.900. The number of hydrogen-bond donors (Lipinski definition) is 0. The first kappa shape index (κ1) is 6.22. The molecule has 0 aromatic carbocycles. The van der Waals surface area contributed by atoms with Gasteiger partial charge >= 0.3 is 0 Å².